The molecule has 33 heavy (non-hydrogen) atoms. The number of rotatable bonds is 6. The van der Waals surface area contributed by atoms with Crippen LogP contribution in [0.1, 0.15) is 39.4 Å². The Balaban J connectivity index is 1.48. The van der Waals surface area contributed by atoms with Gasteiger partial charge in [0.25, 0.3) is 11.8 Å². The van der Waals surface area contributed by atoms with Crippen molar-refractivity contribution < 1.29 is 18.5 Å². The molecule has 1 atom stereocenters. The van der Waals surface area contributed by atoms with E-state index >= 15 is 0 Å². The molecule has 4 rings (SSSR count). The zero-order valence-electron chi connectivity index (χ0n) is 18.2. The van der Waals surface area contributed by atoms with Crippen LogP contribution in [0.4, 0.5) is 10.1 Å². The van der Waals surface area contributed by atoms with Crippen LogP contribution >= 0.6 is 0 Å². The number of benzene rings is 3. The predicted molar refractivity (Wildman–Crippen MR) is 123 cm³/mol. The van der Waals surface area contributed by atoms with Crippen molar-refractivity contribution in [2.45, 2.75) is 13.0 Å². The molecule has 1 N–H and O–H groups in total. The normalized spacial score (nSPS) is 11.6. The van der Waals surface area contributed by atoms with E-state index in [1.807, 2.05) is 31.2 Å². The Kier molecular flexibility index (Phi) is 6.31. The summed E-state index contributed by atoms with van der Waals surface area (Å²) < 4.78 is 18.7. The van der Waals surface area contributed by atoms with E-state index in [0.29, 0.717) is 22.5 Å². The Morgan fingerprint density at radius 3 is 2.48 bits per heavy atom. The molecule has 1 aromatic heterocycles. The number of amides is 2. The highest BCUT2D eigenvalue weighted by atomic mass is 19.1. The third-order valence-electron chi connectivity index (χ3n) is 5.41. The standard InChI is InChI=1S/C26H22FN3O3/c1-17(19-10-7-13-22(15-19)28-25(31)18-8-4-3-5-9-18)30(2)26(32)24-16-23(29-33-24)20-11-6-12-21(27)14-20/h3-17H,1-2H3,(H,28,31). The second-order valence-electron chi connectivity index (χ2n) is 7.62. The summed E-state index contributed by atoms with van der Waals surface area (Å²) >= 11 is 0. The molecule has 0 saturated carbocycles. The van der Waals surface area contributed by atoms with Gasteiger partial charge in [-0.15, -0.1) is 0 Å². The van der Waals surface area contributed by atoms with Crippen molar-refractivity contribution in [1.29, 1.82) is 0 Å². The Morgan fingerprint density at radius 2 is 1.73 bits per heavy atom. The predicted octanol–water partition coefficient (Wildman–Crippen LogP) is 5.57. The molecule has 0 spiro atoms. The first-order chi connectivity index (χ1) is 15.9. The van der Waals surface area contributed by atoms with Gasteiger partial charge in [0.05, 0.1) is 6.04 Å². The minimum atomic E-state index is -0.395. The second-order valence-corrected chi connectivity index (χ2v) is 7.62. The number of carbonyl (C=O) groups is 2. The van der Waals surface area contributed by atoms with Crippen molar-refractivity contribution in [3.05, 3.63) is 108 Å². The van der Waals surface area contributed by atoms with E-state index in [2.05, 4.69) is 10.5 Å². The quantitative estimate of drug-likeness (QED) is 0.423. The summed E-state index contributed by atoms with van der Waals surface area (Å²) in [6, 6.07) is 23.4. The van der Waals surface area contributed by atoms with Crippen LogP contribution in [0, 0.1) is 5.82 Å². The van der Waals surface area contributed by atoms with E-state index in [0.717, 1.165) is 5.56 Å². The van der Waals surface area contributed by atoms with E-state index < -0.39 is 5.82 Å². The molecule has 6 nitrogen and oxygen atoms in total. The molecular weight excluding hydrogens is 421 g/mol. The fourth-order valence-corrected chi connectivity index (χ4v) is 3.40. The van der Waals surface area contributed by atoms with E-state index in [9.17, 15) is 14.0 Å². The van der Waals surface area contributed by atoms with E-state index in [1.54, 1.807) is 49.5 Å². The van der Waals surface area contributed by atoms with Crippen LogP contribution in [0.5, 0.6) is 0 Å². The summed E-state index contributed by atoms with van der Waals surface area (Å²) in [6.07, 6.45) is 0. The van der Waals surface area contributed by atoms with Crippen LogP contribution in [-0.2, 0) is 0 Å². The molecule has 166 valence electrons. The lowest BCUT2D eigenvalue weighted by Crippen LogP contribution is -2.29. The lowest BCUT2D eigenvalue weighted by molar-refractivity contribution is 0.0700. The van der Waals surface area contributed by atoms with E-state index in [-0.39, 0.29) is 23.6 Å². The molecule has 0 aliphatic heterocycles. The molecule has 0 aliphatic rings. The van der Waals surface area contributed by atoms with Crippen LogP contribution in [0.2, 0.25) is 0 Å². The van der Waals surface area contributed by atoms with Crippen molar-refractivity contribution in [1.82, 2.24) is 10.1 Å². The summed E-state index contributed by atoms with van der Waals surface area (Å²) in [6.45, 7) is 1.87. The van der Waals surface area contributed by atoms with Gasteiger partial charge in [-0.1, -0.05) is 47.6 Å². The first-order valence-corrected chi connectivity index (χ1v) is 10.4. The van der Waals surface area contributed by atoms with Gasteiger partial charge in [0.2, 0.25) is 5.76 Å². The van der Waals surface area contributed by atoms with Crippen molar-refractivity contribution in [2.24, 2.45) is 0 Å². The van der Waals surface area contributed by atoms with Gasteiger partial charge in [-0.05, 0) is 48.9 Å². The Labute approximate surface area is 190 Å². The highest BCUT2D eigenvalue weighted by Crippen LogP contribution is 2.26. The summed E-state index contributed by atoms with van der Waals surface area (Å²) in [5.41, 5.74) is 2.92. The molecule has 3 aromatic carbocycles. The lowest BCUT2D eigenvalue weighted by atomic mass is 10.1. The fraction of sp³-hybridized carbons (Fsp3) is 0.115. The summed E-state index contributed by atoms with van der Waals surface area (Å²) in [5.74, 6) is -0.918. The van der Waals surface area contributed by atoms with Crippen molar-refractivity contribution in [3.63, 3.8) is 0 Å². The number of aromatic nitrogens is 1. The number of hydrogen-bond acceptors (Lipinski definition) is 4. The van der Waals surface area contributed by atoms with Gasteiger partial charge in [0.1, 0.15) is 11.5 Å². The highest BCUT2D eigenvalue weighted by Gasteiger charge is 2.23. The molecule has 1 unspecified atom stereocenters. The van der Waals surface area contributed by atoms with Crippen LogP contribution in [-0.4, -0.2) is 28.9 Å². The first-order valence-electron chi connectivity index (χ1n) is 10.4. The minimum absolute atomic E-state index is 0.0529. The number of carbonyl (C=O) groups excluding carboxylic acids is 2. The van der Waals surface area contributed by atoms with Gasteiger partial charge < -0.3 is 14.7 Å². The molecular formula is C26H22FN3O3. The number of nitrogens with zero attached hydrogens (tertiary/aromatic N) is 2. The van der Waals surface area contributed by atoms with Gasteiger partial charge in [-0.2, -0.15) is 0 Å². The molecule has 7 heteroatoms. The molecule has 0 bridgehead atoms. The third kappa shape index (κ3) is 4.98. The smallest absolute Gasteiger partial charge is 0.292 e. The number of halogens is 1. The van der Waals surface area contributed by atoms with Gasteiger partial charge >= 0.3 is 0 Å². The van der Waals surface area contributed by atoms with Crippen molar-refractivity contribution in [2.75, 3.05) is 12.4 Å². The zero-order valence-corrected chi connectivity index (χ0v) is 18.2. The molecule has 0 fully saturated rings. The van der Waals surface area contributed by atoms with Gasteiger partial charge in [-0.3, -0.25) is 9.59 Å². The Bertz CT molecular complexity index is 1290. The summed E-state index contributed by atoms with van der Waals surface area (Å²) in [4.78, 5) is 26.9. The highest BCUT2D eigenvalue weighted by molar-refractivity contribution is 6.04. The molecule has 4 aromatic rings. The maximum Gasteiger partial charge on any atom is 0.292 e. The van der Waals surface area contributed by atoms with Gasteiger partial charge in [-0.25, -0.2) is 4.39 Å². The summed E-state index contributed by atoms with van der Waals surface area (Å²) in [7, 11) is 1.66. The van der Waals surface area contributed by atoms with E-state index in [1.165, 1.54) is 23.1 Å². The monoisotopic (exact) mass is 443 g/mol. The lowest BCUT2D eigenvalue weighted by Gasteiger charge is -2.24. The van der Waals surface area contributed by atoms with Crippen molar-refractivity contribution in [3.8, 4) is 11.3 Å². The Morgan fingerprint density at radius 1 is 0.970 bits per heavy atom. The van der Waals surface area contributed by atoms with Crippen LogP contribution in [0.25, 0.3) is 11.3 Å². The maximum absolute atomic E-state index is 13.5. The largest absolute Gasteiger partial charge is 0.350 e. The van der Waals surface area contributed by atoms with Gasteiger partial charge in [0.15, 0.2) is 0 Å². The average molecular weight is 443 g/mol. The minimum Gasteiger partial charge on any atom is -0.350 e. The second kappa shape index (κ2) is 9.48. The molecule has 1 heterocycles. The Hall–Kier alpha value is -4.26. The first kappa shape index (κ1) is 22.0. The maximum atomic E-state index is 13.5. The van der Waals surface area contributed by atoms with Crippen LogP contribution < -0.4 is 5.32 Å². The molecule has 0 saturated heterocycles. The van der Waals surface area contributed by atoms with Crippen LogP contribution in [0.15, 0.2) is 89.5 Å². The topological polar surface area (TPSA) is 75.4 Å². The summed E-state index contributed by atoms with van der Waals surface area (Å²) in [5, 5.41) is 6.78. The van der Waals surface area contributed by atoms with Crippen LogP contribution in [0.3, 0.4) is 0 Å². The zero-order chi connectivity index (χ0) is 23.4. The molecule has 0 aliphatic carbocycles. The third-order valence-corrected chi connectivity index (χ3v) is 5.41. The average Bonchev–Trinajstić information content (AvgIpc) is 3.34. The SMILES string of the molecule is CC(c1cccc(NC(=O)c2ccccc2)c1)N(C)C(=O)c1cc(-c2cccc(F)c2)no1. The fourth-order valence-electron chi connectivity index (χ4n) is 3.40. The molecule has 0 radical (unpaired) electrons. The van der Waals surface area contributed by atoms with Gasteiger partial charge in [0, 0.05) is 29.9 Å². The van der Waals surface area contributed by atoms with E-state index in [4.69, 9.17) is 4.52 Å². The number of anilines is 1. The number of hydrogen-bond donors (Lipinski definition) is 1. The molecule has 2 amide bonds. The number of nitrogens with one attached hydrogen (secondary N) is 1. The van der Waals surface area contributed by atoms with Crippen molar-refractivity contribution >= 4 is 17.5 Å².